The molecule has 0 aliphatic rings. The number of pyridine rings is 1. The van der Waals surface area contributed by atoms with Crippen LogP contribution in [0.25, 0.3) is 10.6 Å². The van der Waals surface area contributed by atoms with Gasteiger partial charge in [-0.05, 0) is 42.8 Å². The van der Waals surface area contributed by atoms with E-state index in [0.29, 0.717) is 30.0 Å². The third-order valence-corrected chi connectivity index (χ3v) is 12.0. The Morgan fingerprint density at radius 3 is 2.56 bits per heavy atom. The molecule has 8 nitrogen and oxygen atoms in total. The first-order valence-electron chi connectivity index (χ1n) is 10.9. The van der Waals surface area contributed by atoms with E-state index >= 15 is 0 Å². The summed E-state index contributed by atoms with van der Waals surface area (Å²) in [5.74, 6) is 0.601. The van der Waals surface area contributed by atoms with E-state index in [1.54, 1.807) is 13.4 Å². The molecule has 3 aromatic rings. The molecule has 3 aromatic heterocycles. The molecular weight excluding hydrogens is 487 g/mol. The summed E-state index contributed by atoms with van der Waals surface area (Å²) in [7, 11) is -0.184. The van der Waals surface area contributed by atoms with Gasteiger partial charge in [0.15, 0.2) is 18.9 Å². The molecule has 0 N–H and O–H groups in total. The molecule has 0 spiro atoms. The Balaban J connectivity index is 1.88. The number of hydrogen-bond donors (Lipinski definition) is 0. The first-order valence-corrected chi connectivity index (χ1v) is 16.2. The second-order valence-electron chi connectivity index (χ2n) is 9.58. The summed E-state index contributed by atoms with van der Waals surface area (Å²) >= 11 is 0.203. The van der Waals surface area contributed by atoms with Crippen LogP contribution in [-0.2, 0) is 33.7 Å². The Bertz CT molecular complexity index is 1180. The van der Waals surface area contributed by atoms with Crippen LogP contribution in [0.4, 0.5) is 5.82 Å². The zero-order chi connectivity index (χ0) is 25.1. The molecule has 0 amide bonds. The number of aromatic nitrogens is 4. The maximum Gasteiger partial charge on any atom is 0.343 e. The van der Waals surface area contributed by atoms with Crippen LogP contribution in [0.5, 0.6) is 0 Å². The molecule has 11 heteroatoms. The minimum absolute atomic E-state index is 0.163. The van der Waals surface area contributed by atoms with Crippen LogP contribution >= 0.6 is 11.3 Å². The van der Waals surface area contributed by atoms with Gasteiger partial charge < -0.3 is 13.7 Å². The Hall–Kier alpha value is -1.89. The average Bonchev–Trinajstić information content (AvgIpc) is 3.15. The van der Waals surface area contributed by atoms with Gasteiger partial charge in [-0.2, -0.15) is 9.97 Å². The molecule has 184 valence electrons. The molecule has 0 aromatic carbocycles. The summed E-state index contributed by atoms with van der Waals surface area (Å²) in [6.45, 7) is 13.9. The van der Waals surface area contributed by atoms with Gasteiger partial charge in [-0.3, -0.25) is 4.57 Å². The van der Waals surface area contributed by atoms with Crippen molar-refractivity contribution >= 4 is 36.6 Å². The maximum atomic E-state index is 11.9. The largest absolute Gasteiger partial charge is 0.609 e. The van der Waals surface area contributed by atoms with Crippen molar-refractivity contribution in [2.75, 3.05) is 13.4 Å². The number of nitrogens with zero attached hydrogens (tertiary/aromatic N) is 5. The topological polar surface area (TPSA) is 97.5 Å². The van der Waals surface area contributed by atoms with E-state index in [1.807, 2.05) is 42.1 Å². The van der Waals surface area contributed by atoms with Crippen molar-refractivity contribution in [3.63, 3.8) is 0 Å². The van der Waals surface area contributed by atoms with Gasteiger partial charge >= 0.3 is 5.16 Å². The second kappa shape index (κ2) is 10.8. The van der Waals surface area contributed by atoms with Gasteiger partial charge in [0.05, 0.1) is 17.2 Å². The van der Waals surface area contributed by atoms with Crippen molar-refractivity contribution in [1.29, 1.82) is 0 Å². The third-order valence-electron chi connectivity index (χ3n) is 5.76. The lowest BCUT2D eigenvalue weighted by Crippen LogP contribution is -2.40. The number of aryl methyl sites for hydroxylation is 1. The molecule has 0 bridgehead atoms. The Kier molecular flexibility index (Phi) is 8.48. The van der Waals surface area contributed by atoms with Gasteiger partial charge in [0.2, 0.25) is 0 Å². The fraction of sp³-hybridized carbons (Fsp3) is 0.478. The van der Waals surface area contributed by atoms with Crippen LogP contribution < -0.4 is 4.80 Å². The van der Waals surface area contributed by atoms with E-state index < -0.39 is 19.5 Å². The Labute approximate surface area is 209 Å². The van der Waals surface area contributed by atoms with E-state index in [0.717, 1.165) is 20.9 Å². The highest BCUT2D eigenvalue weighted by atomic mass is 32.2. The molecule has 0 aliphatic carbocycles. The first-order chi connectivity index (χ1) is 15.9. The van der Waals surface area contributed by atoms with Gasteiger partial charge in [0, 0.05) is 36.4 Å². The lowest BCUT2D eigenvalue weighted by molar-refractivity contribution is 0.129. The zero-order valence-corrected chi connectivity index (χ0v) is 23.7. The number of ether oxygens (including phenoxy) is 1. The second-order valence-corrected chi connectivity index (χ2v) is 16.7. The van der Waals surface area contributed by atoms with E-state index in [9.17, 15) is 4.55 Å². The van der Waals surface area contributed by atoms with E-state index in [2.05, 4.69) is 48.8 Å². The number of methoxy groups -OCH3 is 1. The van der Waals surface area contributed by atoms with Gasteiger partial charge in [-0.25, -0.2) is 9.98 Å². The van der Waals surface area contributed by atoms with E-state index in [4.69, 9.17) is 14.2 Å². The molecule has 0 saturated heterocycles. The molecule has 1 unspecified atom stereocenters. The van der Waals surface area contributed by atoms with Crippen molar-refractivity contribution in [3.8, 4) is 10.6 Å². The fourth-order valence-electron chi connectivity index (χ4n) is 2.76. The number of hydrogen-bond acceptors (Lipinski definition) is 8. The summed E-state index contributed by atoms with van der Waals surface area (Å²) in [4.78, 5) is 19.6. The monoisotopic (exact) mass is 519 g/mol. The van der Waals surface area contributed by atoms with Crippen molar-refractivity contribution in [3.05, 3.63) is 46.7 Å². The van der Waals surface area contributed by atoms with Crippen molar-refractivity contribution < 1.29 is 13.7 Å². The van der Waals surface area contributed by atoms with Gasteiger partial charge in [0.1, 0.15) is 13.0 Å². The first kappa shape index (κ1) is 26.7. The average molecular weight is 520 g/mol. The van der Waals surface area contributed by atoms with Gasteiger partial charge in [0.25, 0.3) is 0 Å². The molecule has 1 atom stereocenters. The molecule has 0 fully saturated rings. The van der Waals surface area contributed by atoms with Gasteiger partial charge in [-0.15, -0.1) is 0 Å². The quantitative estimate of drug-likeness (QED) is 0.241. The molecule has 3 rings (SSSR count). The Morgan fingerprint density at radius 2 is 1.97 bits per heavy atom. The minimum Gasteiger partial charge on any atom is -0.609 e. The van der Waals surface area contributed by atoms with E-state index in [1.165, 1.54) is 11.3 Å². The fourth-order valence-corrected chi connectivity index (χ4v) is 5.17. The minimum atomic E-state index is -1.82. The highest BCUT2D eigenvalue weighted by Crippen LogP contribution is 2.37. The third kappa shape index (κ3) is 6.61. The molecule has 3 heterocycles. The summed E-state index contributed by atoms with van der Waals surface area (Å²) < 4.78 is 25.4. The molecule has 0 saturated carbocycles. The van der Waals surface area contributed by atoms with Crippen molar-refractivity contribution in [1.82, 2.24) is 19.5 Å². The highest BCUT2D eigenvalue weighted by Gasteiger charge is 2.37. The predicted octanol–water partition coefficient (Wildman–Crippen LogP) is 4.81. The zero-order valence-electron chi connectivity index (χ0n) is 21.1. The van der Waals surface area contributed by atoms with Crippen LogP contribution in [0.15, 0.2) is 40.7 Å². The van der Waals surface area contributed by atoms with Crippen LogP contribution in [-0.4, -0.2) is 45.8 Å². The maximum absolute atomic E-state index is 11.9. The summed E-state index contributed by atoms with van der Waals surface area (Å²) in [6, 6.07) is 5.78. The predicted molar refractivity (Wildman–Crippen MR) is 139 cm³/mol. The van der Waals surface area contributed by atoms with Gasteiger partial charge in [-0.1, -0.05) is 38.2 Å². The number of rotatable bonds is 8. The molecule has 0 aliphatic heterocycles. The normalized spacial score (nSPS) is 14.0. The van der Waals surface area contributed by atoms with E-state index in [-0.39, 0.29) is 5.04 Å². The molecule has 0 radical (unpaired) electrons. The number of thiazole rings is 1. The lowest BCUT2D eigenvalue weighted by Gasteiger charge is -2.36. The smallest absolute Gasteiger partial charge is 0.343 e. The van der Waals surface area contributed by atoms with Crippen molar-refractivity contribution in [2.45, 2.75) is 64.3 Å². The SMILES string of the molecule is COCn1cc(-c2cc(C)nc([S+](C)[O-])n2)s/c1=N\c1ccc(CO[Si](C)(C)C(C)(C)C)cn1. The van der Waals surface area contributed by atoms with Crippen LogP contribution in [0.2, 0.25) is 18.1 Å². The summed E-state index contributed by atoms with van der Waals surface area (Å²) in [6.07, 6.45) is 5.32. The Morgan fingerprint density at radius 1 is 1.24 bits per heavy atom. The molecular formula is C23H33N5O3S2Si. The van der Waals surface area contributed by atoms with Crippen LogP contribution in [0.3, 0.4) is 0 Å². The van der Waals surface area contributed by atoms with Crippen LogP contribution in [0, 0.1) is 6.92 Å². The molecule has 34 heavy (non-hydrogen) atoms. The lowest BCUT2D eigenvalue weighted by atomic mass is 10.2. The van der Waals surface area contributed by atoms with Crippen LogP contribution in [0.1, 0.15) is 32.0 Å². The standard InChI is InChI=1S/C23H33N5O3S2Si/c1-16-11-18(26-21(25-16)33(6)29)19-13-28(15-30-5)22(32-19)27-20-10-9-17(12-24-20)14-31-34(7,8)23(2,3)4/h9-13H,14-15H2,1-8H3/b27-22-. The summed E-state index contributed by atoms with van der Waals surface area (Å²) in [5.41, 5.74) is 2.50. The highest BCUT2D eigenvalue weighted by molar-refractivity contribution is 7.90. The van der Waals surface area contributed by atoms with Crippen molar-refractivity contribution in [2.24, 2.45) is 4.99 Å². The summed E-state index contributed by atoms with van der Waals surface area (Å²) in [5, 5.41) is 0.480.